The van der Waals surface area contributed by atoms with Crippen LogP contribution in [0, 0.1) is 0 Å². The Morgan fingerprint density at radius 2 is 1.78 bits per heavy atom. The largest absolute Gasteiger partial charge is 0.322 e. The van der Waals surface area contributed by atoms with Gasteiger partial charge in [0.2, 0.25) is 5.56 Å². The molecule has 0 radical (unpaired) electrons. The van der Waals surface area contributed by atoms with Crippen LogP contribution < -0.4 is 16.4 Å². The first-order valence-corrected chi connectivity index (χ1v) is 8.13. The van der Waals surface area contributed by atoms with E-state index in [9.17, 15) is 14.4 Å². The average molecular weight is 392 g/mol. The highest BCUT2D eigenvalue weighted by Crippen LogP contribution is 2.21. The Bertz CT molecular complexity index is 964. The van der Waals surface area contributed by atoms with Gasteiger partial charge in [0.05, 0.1) is 14.2 Å². The maximum Gasteiger partial charge on any atom is 0.279 e. The van der Waals surface area contributed by atoms with Crippen LogP contribution in [0.2, 0.25) is 0 Å². The van der Waals surface area contributed by atoms with E-state index < -0.39 is 11.8 Å². The molecular weight excluding hydrogens is 382 g/mol. The molecule has 23 heavy (non-hydrogen) atoms. The summed E-state index contributed by atoms with van der Waals surface area (Å²) in [7, 11) is 0. The number of pyridine rings is 1. The minimum absolute atomic E-state index is 0.192. The lowest BCUT2D eigenvalue weighted by Crippen LogP contribution is -2.41. The Balaban J connectivity index is 1.81. The molecule has 8 heteroatoms. The van der Waals surface area contributed by atoms with Gasteiger partial charge in [0.1, 0.15) is 0 Å². The lowest BCUT2D eigenvalue weighted by Gasteiger charge is -2.08. The normalized spacial score (nSPS) is 10.5. The fourth-order valence-electron chi connectivity index (χ4n) is 2.07. The number of carbonyl (C=O) groups is 2. The molecule has 0 aliphatic carbocycles. The Kier molecular flexibility index (Phi) is 4.26. The summed E-state index contributed by atoms with van der Waals surface area (Å²) in [5, 5.41) is 0.595. The van der Waals surface area contributed by atoms with Crippen molar-refractivity contribution in [3.05, 3.63) is 67.0 Å². The predicted octanol–water partition coefficient (Wildman–Crippen LogP) is 2.43. The number of hydrogen-bond donors (Lipinski definition) is 3. The second-order valence-corrected chi connectivity index (χ2v) is 7.07. The van der Waals surface area contributed by atoms with Crippen LogP contribution in [0.1, 0.15) is 20.0 Å². The Labute approximate surface area is 142 Å². The molecule has 3 N–H and O–H groups in total. The fourth-order valence-corrected chi connectivity index (χ4v) is 3.35. The molecule has 0 aliphatic rings. The average Bonchev–Trinajstić information content (AvgIpc) is 2.98. The number of H-pyrrole nitrogens is 1. The van der Waals surface area contributed by atoms with Gasteiger partial charge in [-0.15, -0.1) is 11.3 Å². The molecule has 0 saturated heterocycles. The van der Waals surface area contributed by atoms with E-state index in [0.717, 1.165) is 3.79 Å². The zero-order valence-corrected chi connectivity index (χ0v) is 14.0. The third kappa shape index (κ3) is 3.33. The molecule has 2 amide bonds. The van der Waals surface area contributed by atoms with Crippen molar-refractivity contribution in [1.82, 2.24) is 15.8 Å². The fraction of sp³-hybridized carbons (Fsp3) is 0. The van der Waals surface area contributed by atoms with Gasteiger partial charge in [0.25, 0.3) is 11.8 Å². The van der Waals surface area contributed by atoms with E-state index in [1.165, 1.54) is 17.4 Å². The van der Waals surface area contributed by atoms with E-state index in [1.54, 1.807) is 36.4 Å². The van der Waals surface area contributed by atoms with E-state index in [4.69, 9.17) is 0 Å². The number of hydrogen-bond acceptors (Lipinski definition) is 4. The highest BCUT2D eigenvalue weighted by molar-refractivity contribution is 9.11. The molecule has 0 unspecified atom stereocenters. The van der Waals surface area contributed by atoms with Gasteiger partial charge in [-0.2, -0.15) is 0 Å². The maximum atomic E-state index is 12.3. The van der Waals surface area contributed by atoms with Crippen molar-refractivity contribution < 1.29 is 9.59 Å². The van der Waals surface area contributed by atoms with Gasteiger partial charge >= 0.3 is 0 Å². The second-order valence-electron chi connectivity index (χ2n) is 4.60. The molecule has 0 atom stereocenters. The predicted molar refractivity (Wildman–Crippen MR) is 91.5 cm³/mol. The van der Waals surface area contributed by atoms with Crippen LogP contribution in [0.5, 0.6) is 0 Å². The SMILES string of the molecule is O=C(NNC(=O)c1cc(=O)[nH]c2ccccc12)c1ccc(Br)s1. The first-order valence-electron chi connectivity index (χ1n) is 6.52. The first kappa shape index (κ1) is 15.4. The monoisotopic (exact) mass is 391 g/mol. The number of carbonyl (C=O) groups excluding carboxylic acids is 2. The van der Waals surface area contributed by atoms with Crippen LogP contribution in [-0.4, -0.2) is 16.8 Å². The third-order valence-corrected chi connectivity index (χ3v) is 4.70. The van der Waals surface area contributed by atoms with Gasteiger partial charge in [-0.05, 0) is 34.1 Å². The third-order valence-electron chi connectivity index (χ3n) is 3.08. The van der Waals surface area contributed by atoms with Crippen molar-refractivity contribution in [2.75, 3.05) is 0 Å². The topological polar surface area (TPSA) is 91.1 Å². The summed E-state index contributed by atoms with van der Waals surface area (Å²) in [6, 6.07) is 11.5. The smallest absolute Gasteiger partial charge is 0.279 e. The summed E-state index contributed by atoms with van der Waals surface area (Å²) in [5.74, 6) is -0.987. The first-order chi connectivity index (χ1) is 11.0. The van der Waals surface area contributed by atoms with Crippen molar-refractivity contribution in [3.8, 4) is 0 Å². The minimum Gasteiger partial charge on any atom is -0.322 e. The molecule has 0 spiro atoms. The van der Waals surface area contributed by atoms with Crippen molar-refractivity contribution >= 4 is 50.0 Å². The Hall–Kier alpha value is -2.45. The zero-order valence-electron chi connectivity index (χ0n) is 11.6. The number of rotatable bonds is 2. The molecule has 0 saturated carbocycles. The lowest BCUT2D eigenvalue weighted by atomic mass is 10.1. The number of nitrogens with one attached hydrogen (secondary N) is 3. The molecule has 1 aromatic carbocycles. The van der Waals surface area contributed by atoms with Crippen molar-refractivity contribution in [1.29, 1.82) is 0 Å². The van der Waals surface area contributed by atoms with E-state index in [2.05, 4.69) is 31.8 Å². The van der Waals surface area contributed by atoms with Crippen LogP contribution in [0.25, 0.3) is 10.9 Å². The van der Waals surface area contributed by atoms with Crippen molar-refractivity contribution in [2.45, 2.75) is 0 Å². The van der Waals surface area contributed by atoms with E-state index in [1.807, 2.05) is 0 Å². The molecule has 116 valence electrons. The number of hydrazine groups is 1. The minimum atomic E-state index is -0.559. The van der Waals surface area contributed by atoms with E-state index >= 15 is 0 Å². The molecule has 0 bridgehead atoms. The number of amides is 2. The van der Waals surface area contributed by atoms with E-state index in [0.29, 0.717) is 15.8 Å². The van der Waals surface area contributed by atoms with Crippen molar-refractivity contribution in [3.63, 3.8) is 0 Å². The number of benzene rings is 1. The summed E-state index contributed by atoms with van der Waals surface area (Å²) in [6.45, 7) is 0. The molecule has 0 fully saturated rings. The van der Waals surface area contributed by atoms with Gasteiger partial charge in [0, 0.05) is 17.0 Å². The van der Waals surface area contributed by atoms with E-state index in [-0.39, 0.29) is 11.1 Å². The molecule has 2 heterocycles. The summed E-state index contributed by atoms with van der Waals surface area (Å²) in [5.41, 5.74) is 5.02. The number of halogens is 1. The summed E-state index contributed by atoms with van der Waals surface area (Å²) in [6.07, 6.45) is 0. The maximum absolute atomic E-state index is 12.3. The number of aromatic nitrogens is 1. The standard InChI is InChI=1S/C15H10BrN3O3S/c16-12-6-5-11(23-12)15(22)19-18-14(21)9-7-13(20)17-10-4-2-1-3-8(9)10/h1-7H,(H,17,20)(H,18,21)(H,19,22). The number of aromatic amines is 1. The van der Waals surface area contributed by atoms with Gasteiger partial charge in [-0.25, -0.2) is 0 Å². The molecule has 0 aliphatic heterocycles. The Morgan fingerprint density at radius 1 is 1.04 bits per heavy atom. The van der Waals surface area contributed by atoms with Crippen LogP contribution in [0.15, 0.2) is 51.0 Å². The molecular formula is C15H10BrN3O3S. The summed E-state index contributed by atoms with van der Waals surface area (Å²) >= 11 is 4.51. The second kappa shape index (κ2) is 6.35. The highest BCUT2D eigenvalue weighted by Gasteiger charge is 2.14. The number of para-hydroxylation sites is 1. The van der Waals surface area contributed by atoms with Gasteiger partial charge in [-0.3, -0.25) is 25.2 Å². The molecule has 3 aromatic rings. The van der Waals surface area contributed by atoms with Crippen molar-refractivity contribution in [2.24, 2.45) is 0 Å². The zero-order chi connectivity index (χ0) is 16.4. The van der Waals surface area contributed by atoms with Crippen LogP contribution in [-0.2, 0) is 0 Å². The highest BCUT2D eigenvalue weighted by atomic mass is 79.9. The lowest BCUT2D eigenvalue weighted by molar-refractivity contribution is 0.0849. The van der Waals surface area contributed by atoms with Crippen LogP contribution in [0.4, 0.5) is 0 Å². The molecule has 2 aromatic heterocycles. The number of fused-ring (bicyclic) bond motifs is 1. The van der Waals surface area contributed by atoms with Gasteiger partial charge < -0.3 is 4.98 Å². The summed E-state index contributed by atoms with van der Waals surface area (Å²) in [4.78, 5) is 38.9. The van der Waals surface area contributed by atoms with Crippen LogP contribution in [0.3, 0.4) is 0 Å². The molecule has 3 rings (SSSR count). The molecule has 6 nitrogen and oxygen atoms in total. The number of thiophene rings is 1. The van der Waals surface area contributed by atoms with Gasteiger partial charge in [-0.1, -0.05) is 18.2 Å². The quantitative estimate of drug-likeness (QED) is 0.585. The van der Waals surface area contributed by atoms with Gasteiger partial charge in [0.15, 0.2) is 0 Å². The van der Waals surface area contributed by atoms with Crippen LogP contribution >= 0.6 is 27.3 Å². The summed E-state index contributed by atoms with van der Waals surface area (Å²) < 4.78 is 0.814. The Morgan fingerprint density at radius 3 is 2.52 bits per heavy atom.